The molecule has 0 bridgehead atoms. The lowest BCUT2D eigenvalue weighted by Crippen LogP contribution is -2.60. The number of nitrogens with one attached hydrogen (secondary N) is 5. The second kappa shape index (κ2) is 26.1. The number of hydrogen-bond donors (Lipinski definition) is 12. The molecule has 17 N–H and O–H groups in total. The molecule has 0 aromatic carbocycles. The van der Waals surface area contributed by atoms with Gasteiger partial charge in [0.05, 0.1) is 19.1 Å². The zero-order chi connectivity index (χ0) is 43.2. The number of rotatable bonds is 28. The van der Waals surface area contributed by atoms with Gasteiger partial charge in [0.1, 0.15) is 36.3 Å². The maximum Gasteiger partial charge on any atom is 0.326 e. The van der Waals surface area contributed by atoms with Crippen LogP contribution in [0.15, 0.2) is 0 Å². The van der Waals surface area contributed by atoms with E-state index in [2.05, 4.69) is 26.6 Å². The number of nitrogens with two attached hydrogens (primary N) is 5. The lowest BCUT2D eigenvalue weighted by molar-refractivity contribution is -0.144. The Hall–Kier alpha value is -4.93. The third kappa shape index (κ3) is 18.3. The highest BCUT2D eigenvalue weighted by molar-refractivity contribution is 5.97. The van der Waals surface area contributed by atoms with E-state index in [1.807, 2.05) is 13.8 Å². The molecule has 0 aliphatic carbocycles. The third-order valence-corrected chi connectivity index (χ3v) is 9.19. The minimum Gasteiger partial charge on any atom is -0.480 e. The summed E-state index contributed by atoms with van der Waals surface area (Å²) in [6, 6.07) is -9.06. The van der Waals surface area contributed by atoms with Gasteiger partial charge in [-0.05, 0) is 83.2 Å². The highest BCUT2D eigenvalue weighted by atomic mass is 16.4. The summed E-state index contributed by atoms with van der Waals surface area (Å²) in [5.74, 6) is -7.88. The van der Waals surface area contributed by atoms with Crippen LogP contribution in [0.2, 0.25) is 0 Å². The number of carboxylic acid groups (broad SMARTS) is 1. The van der Waals surface area contributed by atoms with Crippen LogP contribution >= 0.6 is 0 Å². The summed E-state index contributed by atoms with van der Waals surface area (Å²) in [4.78, 5) is 116. The molecule has 0 spiro atoms. The maximum absolute atomic E-state index is 14.1. The van der Waals surface area contributed by atoms with Crippen LogP contribution in [0.1, 0.15) is 90.9 Å². The van der Waals surface area contributed by atoms with E-state index in [1.165, 1.54) is 4.90 Å². The number of primary amides is 2. The first-order valence-electron chi connectivity index (χ1n) is 19.2. The van der Waals surface area contributed by atoms with Crippen LogP contribution in [-0.4, -0.2) is 137 Å². The monoisotopic (exact) mass is 813 g/mol. The van der Waals surface area contributed by atoms with Gasteiger partial charge < -0.3 is 70.4 Å². The molecular weight excluding hydrogens is 750 g/mol. The van der Waals surface area contributed by atoms with E-state index in [4.69, 9.17) is 28.7 Å². The third-order valence-electron chi connectivity index (χ3n) is 9.19. The molecule has 0 saturated carbocycles. The quantitative estimate of drug-likeness (QED) is 0.0330. The molecule has 8 amide bonds. The first-order valence-corrected chi connectivity index (χ1v) is 19.2. The van der Waals surface area contributed by atoms with Gasteiger partial charge in [-0.25, -0.2) is 4.79 Å². The number of amides is 8. The molecule has 1 heterocycles. The van der Waals surface area contributed by atoms with Gasteiger partial charge >= 0.3 is 5.97 Å². The van der Waals surface area contributed by atoms with Crippen LogP contribution in [0, 0.1) is 5.92 Å². The summed E-state index contributed by atoms with van der Waals surface area (Å²) >= 11 is 0. The van der Waals surface area contributed by atoms with Crippen LogP contribution < -0.4 is 55.3 Å². The van der Waals surface area contributed by atoms with Gasteiger partial charge in [0.15, 0.2) is 0 Å². The molecule has 0 aromatic rings. The van der Waals surface area contributed by atoms with Crippen molar-refractivity contribution in [2.45, 2.75) is 133 Å². The molecule has 1 rings (SSSR count). The summed E-state index contributed by atoms with van der Waals surface area (Å²) in [5.41, 5.74) is 27.3. The lowest BCUT2D eigenvalue weighted by Gasteiger charge is -2.31. The molecule has 1 aliphatic heterocycles. The minimum absolute atomic E-state index is 0.110. The number of likely N-dealkylation sites (tertiary alicyclic amines) is 1. The summed E-state index contributed by atoms with van der Waals surface area (Å²) < 4.78 is 0. The van der Waals surface area contributed by atoms with Crippen molar-refractivity contribution in [1.29, 1.82) is 0 Å². The number of aliphatic hydroxyl groups is 1. The topological polar surface area (TPSA) is 388 Å². The number of aliphatic carboxylic acids is 1. The Labute approximate surface area is 331 Å². The van der Waals surface area contributed by atoms with E-state index >= 15 is 0 Å². The number of aliphatic hydroxyl groups excluding tert-OH is 1. The number of nitrogens with zero attached hydrogens (tertiary/aromatic N) is 1. The Morgan fingerprint density at radius 3 is 1.74 bits per heavy atom. The molecule has 1 saturated heterocycles. The number of carboxylic acids is 1. The largest absolute Gasteiger partial charge is 0.480 e. The van der Waals surface area contributed by atoms with Crippen molar-refractivity contribution in [2.24, 2.45) is 34.6 Å². The summed E-state index contributed by atoms with van der Waals surface area (Å²) in [6.07, 6.45) is 1.70. The molecular formula is C35H63N11O11. The van der Waals surface area contributed by atoms with Crippen molar-refractivity contribution in [3.63, 3.8) is 0 Å². The van der Waals surface area contributed by atoms with Crippen LogP contribution in [-0.2, 0) is 43.2 Å². The van der Waals surface area contributed by atoms with E-state index < -0.39 is 109 Å². The van der Waals surface area contributed by atoms with Crippen molar-refractivity contribution >= 4 is 53.2 Å². The highest BCUT2D eigenvalue weighted by Gasteiger charge is 2.40. The summed E-state index contributed by atoms with van der Waals surface area (Å²) in [7, 11) is 0. The Bertz CT molecular complexity index is 1400. The van der Waals surface area contributed by atoms with Crippen molar-refractivity contribution in [3.8, 4) is 0 Å². The maximum atomic E-state index is 14.1. The van der Waals surface area contributed by atoms with Gasteiger partial charge in [-0.2, -0.15) is 0 Å². The molecule has 0 unspecified atom stereocenters. The molecule has 57 heavy (non-hydrogen) atoms. The molecule has 1 fully saturated rings. The number of carbonyl (C=O) groups is 9. The predicted molar refractivity (Wildman–Crippen MR) is 205 cm³/mol. The van der Waals surface area contributed by atoms with Crippen molar-refractivity contribution in [1.82, 2.24) is 31.5 Å². The van der Waals surface area contributed by atoms with Crippen LogP contribution in [0.3, 0.4) is 0 Å². The van der Waals surface area contributed by atoms with Gasteiger partial charge in [0, 0.05) is 13.0 Å². The van der Waals surface area contributed by atoms with Crippen LogP contribution in [0.4, 0.5) is 0 Å². The van der Waals surface area contributed by atoms with Crippen molar-refractivity contribution < 1.29 is 53.4 Å². The Morgan fingerprint density at radius 1 is 0.684 bits per heavy atom. The Morgan fingerprint density at radius 2 is 1.21 bits per heavy atom. The molecule has 1 aliphatic rings. The van der Waals surface area contributed by atoms with Crippen molar-refractivity contribution in [2.75, 3.05) is 26.2 Å². The zero-order valence-electron chi connectivity index (χ0n) is 32.8. The number of carbonyl (C=O) groups excluding carboxylic acids is 8. The second-order valence-electron chi connectivity index (χ2n) is 14.5. The predicted octanol–water partition coefficient (Wildman–Crippen LogP) is -4.75. The fourth-order valence-electron chi connectivity index (χ4n) is 6.13. The highest BCUT2D eigenvalue weighted by Crippen LogP contribution is 2.21. The van der Waals surface area contributed by atoms with Gasteiger partial charge in [0.25, 0.3) is 0 Å². The minimum atomic E-state index is -1.60. The zero-order valence-corrected chi connectivity index (χ0v) is 32.8. The van der Waals surface area contributed by atoms with Crippen LogP contribution in [0.5, 0.6) is 0 Å². The number of unbranched alkanes of at least 4 members (excludes halogenated alkanes) is 2. The average molecular weight is 814 g/mol. The first kappa shape index (κ1) is 50.1. The average Bonchev–Trinajstić information content (AvgIpc) is 3.63. The first-order chi connectivity index (χ1) is 26.9. The van der Waals surface area contributed by atoms with E-state index in [-0.39, 0.29) is 51.0 Å². The second-order valence-corrected chi connectivity index (χ2v) is 14.5. The lowest BCUT2D eigenvalue weighted by atomic mass is 10.00. The van der Waals surface area contributed by atoms with Crippen LogP contribution in [0.25, 0.3) is 0 Å². The normalized spacial score (nSPS) is 17.0. The van der Waals surface area contributed by atoms with E-state index in [9.17, 15) is 53.4 Å². The Kier molecular flexibility index (Phi) is 22.9. The molecule has 22 nitrogen and oxygen atoms in total. The molecule has 0 radical (unpaired) electrons. The number of hydrogen-bond acceptors (Lipinski definition) is 13. The molecule has 324 valence electrons. The fraction of sp³-hybridized carbons (Fsp3) is 0.743. The van der Waals surface area contributed by atoms with Gasteiger partial charge in [-0.1, -0.05) is 13.8 Å². The van der Waals surface area contributed by atoms with Gasteiger partial charge in [-0.3, -0.25) is 38.4 Å². The fourth-order valence-corrected chi connectivity index (χ4v) is 6.13. The molecule has 22 heteroatoms. The van der Waals surface area contributed by atoms with Gasteiger partial charge in [0.2, 0.25) is 47.3 Å². The van der Waals surface area contributed by atoms with E-state index in [0.29, 0.717) is 45.2 Å². The van der Waals surface area contributed by atoms with Crippen molar-refractivity contribution in [3.05, 3.63) is 0 Å². The SMILES string of the molecule is CC(C)C[C@H](NC(=O)[C@H](CCCCN)NC(=O)[C@@H](N)CC(N)=O)C(=O)N[C@@H](CCCCN)C(=O)N1CCC[C@H]1C(=O)N[C@@H](CO)C(=O)N[C@@H](CCC(N)=O)C(=O)O. The Balaban J connectivity index is 3.24. The molecule has 7 atom stereocenters. The van der Waals surface area contributed by atoms with E-state index in [1.54, 1.807) is 0 Å². The standard InChI is InChI=1S/C35H63N11O11/c1-19(2)16-24(44-30(51)21(8-3-5-13-36)41-29(50)20(38)17-28(40)49)31(52)42-22(9-4-6-14-37)34(55)46-15-7-10-26(46)33(54)45-25(18-47)32(53)43-23(35(56)57)11-12-27(39)48/h19-26,47H,3-18,36-38H2,1-2H3,(H2,39,48)(H2,40,49)(H,41,50)(H,42,52)(H,43,53)(H,44,51)(H,45,54)(H,56,57)/t20-,21-,22-,23-,24-,25-,26-/m0/s1. The smallest absolute Gasteiger partial charge is 0.326 e. The van der Waals surface area contributed by atoms with Gasteiger partial charge in [-0.15, -0.1) is 0 Å². The molecule has 0 aromatic heterocycles. The summed E-state index contributed by atoms with van der Waals surface area (Å²) in [5, 5.41) is 31.8. The summed E-state index contributed by atoms with van der Waals surface area (Å²) in [6.45, 7) is 3.44. The van der Waals surface area contributed by atoms with E-state index in [0.717, 1.165) is 0 Å².